The number of anilines is 1. The normalized spacial score (nSPS) is 39.3. The van der Waals surface area contributed by atoms with Crippen molar-refractivity contribution in [2.45, 2.75) is 217 Å². The van der Waals surface area contributed by atoms with E-state index in [-0.39, 0.29) is 43.4 Å². The molecule has 20 heteroatoms. The van der Waals surface area contributed by atoms with Crippen LogP contribution in [0.25, 0.3) is 10.8 Å². The number of fused-ring (bicyclic) bond motifs is 1. The van der Waals surface area contributed by atoms with Crippen LogP contribution < -0.4 is 4.90 Å². The number of unbranched alkanes of at least 4 members (excludes halogenated alkanes) is 1. The maximum Gasteiger partial charge on any atom is 0.414 e. The number of carbonyl (C=O) groups excluding carboxylic acids is 2. The summed E-state index contributed by atoms with van der Waals surface area (Å²) in [6, 6.07) is 12.9. The topological polar surface area (TPSA) is 240 Å². The van der Waals surface area contributed by atoms with Crippen LogP contribution in [0.5, 0.6) is 0 Å². The van der Waals surface area contributed by atoms with Gasteiger partial charge in [-0.25, -0.2) is 9.48 Å². The number of hydrogen-bond donors (Lipinski definition) is 5. The van der Waals surface area contributed by atoms with Crippen LogP contribution in [0.2, 0.25) is 0 Å². The molecule has 0 saturated carbocycles. The van der Waals surface area contributed by atoms with E-state index in [9.17, 15) is 35.1 Å². The van der Waals surface area contributed by atoms with Gasteiger partial charge in [-0.2, -0.15) is 0 Å². The summed E-state index contributed by atoms with van der Waals surface area (Å²) in [6.07, 6.45) is -5.62. The monoisotopic (exact) mass is 1080 g/mol. The molecule has 1 aromatic heterocycles. The number of hydrogen-bond acceptors (Lipinski definition) is 18. The number of rotatable bonds is 15. The summed E-state index contributed by atoms with van der Waals surface area (Å²) in [5.41, 5.74) is -2.90. The number of benzene rings is 2. The third kappa shape index (κ3) is 13.8. The summed E-state index contributed by atoms with van der Waals surface area (Å²) >= 11 is 0. The molecule has 1 amide bonds. The van der Waals surface area contributed by atoms with Crippen molar-refractivity contribution in [3.63, 3.8) is 0 Å². The molecule has 4 aliphatic rings. The molecular weight excluding hydrogens is 993 g/mol. The first-order chi connectivity index (χ1) is 36.3. The molecular formula is C57H90N6O14. The van der Waals surface area contributed by atoms with Crippen LogP contribution in [0.15, 0.2) is 48.7 Å². The second kappa shape index (κ2) is 25.3. The maximum atomic E-state index is 14.5. The number of methoxy groups -OCH3 is 1. The highest BCUT2D eigenvalue weighted by Crippen LogP contribution is 2.41. The minimum absolute atomic E-state index is 0.101. The highest BCUT2D eigenvalue weighted by Gasteiger charge is 2.53. The van der Waals surface area contributed by atoms with Crippen LogP contribution in [-0.2, 0) is 50.9 Å². The van der Waals surface area contributed by atoms with Crippen molar-refractivity contribution < 1.29 is 68.3 Å². The Labute approximate surface area is 455 Å². The molecule has 77 heavy (non-hydrogen) atoms. The lowest BCUT2D eigenvalue weighted by atomic mass is 9.77. The predicted molar refractivity (Wildman–Crippen MR) is 288 cm³/mol. The number of amides is 1. The van der Waals surface area contributed by atoms with Gasteiger partial charge in [-0.1, -0.05) is 62.4 Å². The van der Waals surface area contributed by atoms with E-state index in [0.29, 0.717) is 39.0 Å². The Hall–Kier alpha value is -3.90. The lowest BCUT2D eigenvalue weighted by Gasteiger charge is -2.49. The SMILES string of the molecule is CC[C@H]1OC(=O)[C@H](C)[C@@H](O[C@H]2C[C@@](C)(OC)[C@@H](O)[C@H](C)O2)[C@H](C)[C@@H](O[C@@H]2O[C@H](C)C[C@H](N(C)CCCCc3cn(C[C@H]4CN(c5cccc6ccccc56)C(=O)O4)nn3)[C@H]2O)[C@](C)(O)C[C@@H](C)CN(C)[C@H](C)[C@@H](O)[C@]1(C)O. The van der Waals surface area contributed by atoms with Gasteiger partial charge in [0.15, 0.2) is 12.6 Å². The van der Waals surface area contributed by atoms with Gasteiger partial charge in [0.1, 0.15) is 36.1 Å². The predicted octanol–water partition coefficient (Wildman–Crippen LogP) is 5.06. The summed E-state index contributed by atoms with van der Waals surface area (Å²) in [7, 11) is 5.32. The number of aliphatic hydroxyl groups excluding tert-OH is 3. The Kier molecular flexibility index (Phi) is 19.9. The lowest BCUT2D eigenvalue weighted by molar-refractivity contribution is -0.318. The van der Waals surface area contributed by atoms with Crippen LogP contribution >= 0.6 is 0 Å². The Morgan fingerprint density at radius 1 is 0.883 bits per heavy atom. The molecule has 0 spiro atoms. The van der Waals surface area contributed by atoms with Crippen LogP contribution in [0.3, 0.4) is 0 Å². The van der Waals surface area contributed by atoms with Gasteiger partial charge >= 0.3 is 12.1 Å². The quantitative estimate of drug-likeness (QED) is 0.0987. The summed E-state index contributed by atoms with van der Waals surface area (Å²) in [4.78, 5) is 33.2. The average Bonchev–Trinajstić information content (AvgIpc) is 4.01. The first-order valence-electron chi connectivity index (χ1n) is 27.9. The molecule has 7 rings (SSSR count). The van der Waals surface area contributed by atoms with E-state index < -0.39 is 102 Å². The molecule has 0 radical (unpaired) electrons. The van der Waals surface area contributed by atoms with Gasteiger partial charge in [0.05, 0.1) is 66.0 Å². The summed E-state index contributed by atoms with van der Waals surface area (Å²) in [6.45, 7) is 19.4. The van der Waals surface area contributed by atoms with Crippen LogP contribution in [0, 0.1) is 17.8 Å². The molecule has 5 N–H and O–H groups in total. The fourth-order valence-corrected chi connectivity index (χ4v) is 12.5. The molecule has 20 nitrogen and oxygen atoms in total. The minimum atomic E-state index is -1.84. The molecule has 0 unspecified atom stereocenters. The molecule has 19 atom stereocenters. The second-order valence-electron chi connectivity index (χ2n) is 23.7. The zero-order valence-electron chi connectivity index (χ0n) is 47.7. The number of carbonyl (C=O) groups is 2. The Balaban J connectivity index is 1.05. The van der Waals surface area contributed by atoms with Crippen molar-refractivity contribution in [2.75, 3.05) is 45.7 Å². The average molecular weight is 1080 g/mol. The number of aryl methyl sites for hydroxylation is 1. The van der Waals surface area contributed by atoms with Crippen LogP contribution in [-0.4, -0.2) is 200 Å². The molecule has 432 valence electrons. The van der Waals surface area contributed by atoms with E-state index in [0.717, 1.165) is 35.0 Å². The number of esters is 1. The summed E-state index contributed by atoms with van der Waals surface area (Å²) < 4.78 is 45.9. The molecule has 4 fully saturated rings. The zero-order valence-corrected chi connectivity index (χ0v) is 47.7. The molecule has 0 bridgehead atoms. The van der Waals surface area contributed by atoms with Crippen molar-refractivity contribution >= 4 is 28.5 Å². The van der Waals surface area contributed by atoms with E-state index >= 15 is 0 Å². The highest BCUT2D eigenvalue weighted by atomic mass is 16.7. The first-order valence-corrected chi connectivity index (χ1v) is 27.9. The third-order valence-electron chi connectivity index (χ3n) is 17.2. The van der Waals surface area contributed by atoms with Crippen molar-refractivity contribution in [3.8, 4) is 0 Å². The Morgan fingerprint density at radius 2 is 1.60 bits per heavy atom. The van der Waals surface area contributed by atoms with Crippen LogP contribution in [0.4, 0.5) is 10.5 Å². The van der Waals surface area contributed by atoms with Gasteiger partial charge in [0, 0.05) is 49.7 Å². The number of nitrogens with zero attached hydrogens (tertiary/aromatic N) is 6. The third-order valence-corrected chi connectivity index (χ3v) is 17.2. The Bertz CT molecular complexity index is 2400. The first kappa shape index (κ1) is 60.7. The number of ether oxygens (including phenoxy) is 7. The molecule has 4 saturated heterocycles. The van der Waals surface area contributed by atoms with E-state index in [1.54, 1.807) is 51.1 Å². The Morgan fingerprint density at radius 3 is 2.31 bits per heavy atom. The van der Waals surface area contributed by atoms with Gasteiger partial charge in [-0.15, -0.1) is 5.10 Å². The number of aliphatic hydroxyl groups is 5. The molecule has 0 aliphatic carbocycles. The van der Waals surface area contributed by atoms with Crippen molar-refractivity contribution in [1.29, 1.82) is 0 Å². The van der Waals surface area contributed by atoms with Gasteiger partial charge in [0.25, 0.3) is 0 Å². The smallest absolute Gasteiger partial charge is 0.414 e. The van der Waals surface area contributed by atoms with Gasteiger partial charge in [-0.05, 0) is 125 Å². The van der Waals surface area contributed by atoms with Crippen molar-refractivity contribution in [3.05, 3.63) is 54.4 Å². The zero-order chi connectivity index (χ0) is 56.3. The summed E-state index contributed by atoms with van der Waals surface area (Å²) in [5.74, 6) is -2.78. The van der Waals surface area contributed by atoms with E-state index in [2.05, 4.69) is 15.2 Å². The van der Waals surface area contributed by atoms with Crippen molar-refractivity contribution in [1.82, 2.24) is 24.8 Å². The number of cyclic esters (lactones) is 2. The second-order valence-corrected chi connectivity index (χ2v) is 23.7. The fourth-order valence-electron chi connectivity index (χ4n) is 12.5. The maximum absolute atomic E-state index is 14.5. The molecule has 3 aromatic rings. The standard InChI is InChI=1S/C57H90N6O14/c1-14-45-57(10,70)49(65)37(6)61(12)29-33(2)27-55(8,69)51(35(4)48(36(5)52(67)75-45)76-46-28-56(9,71-13)50(66)38(7)73-46)77-53-47(64)44(26-34(3)72-53)60(11)25-18-17-22-40-30-62(59-58-40)31-41-32-63(54(68)74-41)43-24-19-21-39-20-15-16-23-42(39)43/h15-16,19-21,23-24,30,33-38,41,44-51,53,64-66,69-70H,14,17-18,22,25-29,31-32H2,1-13H3/t33-,34-,35+,36-,37-,38+,41+,44+,45-,46+,47-,48+,49-,50+,51-,53+,55-,56-,57-/m1/s1. The van der Waals surface area contributed by atoms with E-state index in [1.165, 1.54) is 14.0 Å². The number of aromatic nitrogens is 3. The minimum Gasteiger partial charge on any atom is -0.459 e. The van der Waals surface area contributed by atoms with E-state index in [4.69, 9.17) is 33.2 Å². The largest absolute Gasteiger partial charge is 0.459 e. The lowest BCUT2D eigenvalue weighted by Crippen LogP contribution is -2.60. The fraction of sp³-hybridized carbons (Fsp3) is 0.754. The number of likely N-dealkylation sites (N-methyl/N-ethyl adjacent to an activating group) is 2. The van der Waals surface area contributed by atoms with Crippen LogP contribution in [0.1, 0.15) is 113 Å². The van der Waals surface area contributed by atoms with Gasteiger partial charge < -0.3 is 68.5 Å². The van der Waals surface area contributed by atoms with Gasteiger partial charge in [0.2, 0.25) is 0 Å². The highest BCUT2D eigenvalue weighted by molar-refractivity contribution is 6.02. The van der Waals surface area contributed by atoms with E-state index in [1.807, 2.05) is 88.4 Å². The molecule has 2 aromatic carbocycles. The van der Waals surface area contributed by atoms with Gasteiger partial charge in [-0.3, -0.25) is 9.69 Å². The van der Waals surface area contributed by atoms with Crippen molar-refractivity contribution in [2.24, 2.45) is 17.8 Å². The molecule has 4 aliphatic heterocycles. The summed E-state index contributed by atoms with van der Waals surface area (Å²) in [5, 5.41) is 70.6. The molecule has 5 heterocycles.